The molecule has 4 aromatic rings. The average Bonchev–Trinajstić information content (AvgIpc) is 3.28. The Hall–Kier alpha value is -3.56. The molecule has 0 aliphatic heterocycles. The van der Waals surface area contributed by atoms with Crippen LogP contribution in [0.1, 0.15) is 5.56 Å². The highest BCUT2D eigenvalue weighted by atomic mass is 35.5. The molecule has 0 amide bonds. The zero-order chi connectivity index (χ0) is 24.3. The van der Waals surface area contributed by atoms with Crippen molar-refractivity contribution < 1.29 is 13.2 Å². The molecule has 0 saturated heterocycles. The topological polar surface area (TPSA) is 89.4 Å². The number of hydrogen-bond acceptors (Lipinski definition) is 7. The molecule has 0 aliphatic rings. The van der Waals surface area contributed by atoms with Gasteiger partial charge in [-0.2, -0.15) is 13.4 Å². The van der Waals surface area contributed by atoms with E-state index in [-0.39, 0.29) is 16.7 Å². The Morgan fingerprint density at radius 1 is 0.971 bits per heavy atom. The van der Waals surface area contributed by atoms with Crippen molar-refractivity contribution in [3.05, 3.63) is 83.4 Å². The fraction of sp³-hybridized carbons (Fsp3) is 0.167. The van der Waals surface area contributed by atoms with Gasteiger partial charge in [0.1, 0.15) is 5.75 Å². The third-order valence-corrected chi connectivity index (χ3v) is 7.00. The highest BCUT2D eigenvalue weighted by Gasteiger charge is 2.24. The third-order valence-electron chi connectivity index (χ3n) is 5.17. The first-order chi connectivity index (χ1) is 16.3. The van der Waals surface area contributed by atoms with Crippen molar-refractivity contribution in [3.8, 4) is 17.1 Å². The Morgan fingerprint density at radius 3 is 2.21 bits per heavy atom. The largest absolute Gasteiger partial charge is 0.497 e. The maximum atomic E-state index is 13.4. The van der Waals surface area contributed by atoms with Crippen LogP contribution in [0.5, 0.6) is 5.75 Å². The molecule has 34 heavy (non-hydrogen) atoms. The van der Waals surface area contributed by atoms with Crippen LogP contribution < -0.4 is 15.0 Å². The quantitative estimate of drug-likeness (QED) is 0.382. The van der Waals surface area contributed by atoms with E-state index in [1.165, 1.54) is 24.3 Å². The van der Waals surface area contributed by atoms with Gasteiger partial charge in [0.15, 0.2) is 5.82 Å². The van der Waals surface area contributed by atoms with E-state index < -0.39 is 10.0 Å². The number of methoxy groups -OCH3 is 1. The number of aromatic nitrogens is 3. The number of halogens is 1. The molecule has 0 bridgehead atoms. The van der Waals surface area contributed by atoms with Gasteiger partial charge in [0.25, 0.3) is 10.0 Å². The number of nitrogens with zero attached hydrogens (tertiary/aromatic N) is 4. The summed E-state index contributed by atoms with van der Waals surface area (Å²) >= 11 is 5.94. The van der Waals surface area contributed by atoms with Crippen molar-refractivity contribution in [1.29, 1.82) is 0 Å². The van der Waals surface area contributed by atoms with E-state index in [0.717, 1.165) is 15.3 Å². The van der Waals surface area contributed by atoms with Crippen LogP contribution in [0.4, 0.5) is 11.6 Å². The van der Waals surface area contributed by atoms with Crippen LogP contribution in [-0.2, 0) is 16.6 Å². The second-order valence-corrected chi connectivity index (χ2v) is 9.91. The molecule has 176 valence electrons. The summed E-state index contributed by atoms with van der Waals surface area (Å²) in [6, 6.07) is 20.9. The first kappa shape index (κ1) is 23.6. The van der Waals surface area contributed by atoms with Crippen LogP contribution in [0.25, 0.3) is 11.4 Å². The van der Waals surface area contributed by atoms with E-state index in [1.807, 2.05) is 43.3 Å². The van der Waals surface area contributed by atoms with Crippen molar-refractivity contribution in [2.75, 3.05) is 31.4 Å². The van der Waals surface area contributed by atoms with Gasteiger partial charge in [0.05, 0.1) is 12.0 Å². The lowest BCUT2D eigenvalue weighted by atomic mass is 10.2. The Kier molecular flexibility index (Phi) is 6.76. The average molecular weight is 498 g/mol. The van der Waals surface area contributed by atoms with Crippen molar-refractivity contribution in [2.45, 2.75) is 11.4 Å². The van der Waals surface area contributed by atoms with Crippen LogP contribution in [0.15, 0.2) is 77.7 Å². The Balaban J connectivity index is 1.70. The summed E-state index contributed by atoms with van der Waals surface area (Å²) < 4.78 is 32.9. The fourth-order valence-electron chi connectivity index (χ4n) is 3.24. The monoisotopic (exact) mass is 497 g/mol. The van der Waals surface area contributed by atoms with Gasteiger partial charge in [-0.25, -0.2) is 0 Å². The summed E-state index contributed by atoms with van der Waals surface area (Å²) in [5, 5.41) is 7.90. The minimum Gasteiger partial charge on any atom is -0.497 e. The number of nitrogens with one attached hydrogen (secondary N) is 1. The lowest BCUT2D eigenvalue weighted by Gasteiger charge is -2.13. The number of rotatable bonds is 8. The van der Waals surface area contributed by atoms with Gasteiger partial charge in [-0.1, -0.05) is 23.7 Å². The third kappa shape index (κ3) is 5.00. The number of benzene rings is 3. The molecule has 0 radical (unpaired) electrons. The predicted molar refractivity (Wildman–Crippen MR) is 134 cm³/mol. The van der Waals surface area contributed by atoms with Gasteiger partial charge in [-0.15, -0.1) is 9.19 Å². The fourth-order valence-corrected chi connectivity index (χ4v) is 4.56. The molecule has 1 heterocycles. The summed E-state index contributed by atoms with van der Waals surface area (Å²) in [5.74, 6) is 1.06. The Labute approximate surface area is 203 Å². The highest BCUT2D eigenvalue weighted by Crippen LogP contribution is 2.25. The van der Waals surface area contributed by atoms with Gasteiger partial charge < -0.3 is 15.0 Å². The minimum atomic E-state index is -4.02. The van der Waals surface area contributed by atoms with Crippen molar-refractivity contribution in [1.82, 2.24) is 14.2 Å². The molecule has 4 rings (SSSR count). The molecule has 1 N–H and O–H groups in total. The molecule has 0 unspecified atom stereocenters. The van der Waals surface area contributed by atoms with Gasteiger partial charge in [-0.05, 0) is 66.2 Å². The highest BCUT2D eigenvalue weighted by molar-refractivity contribution is 7.90. The van der Waals surface area contributed by atoms with Crippen LogP contribution in [-0.4, -0.2) is 43.8 Å². The minimum absolute atomic E-state index is 0.0569. The lowest BCUT2D eigenvalue weighted by Crippen LogP contribution is -2.18. The number of hydrogen-bond donors (Lipinski definition) is 1. The van der Waals surface area contributed by atoms with Crippen molar-refractivity contribution in [2.24, 2.45) is 0 Å². The van der Waals surface area contributed by atoms with E-state index in [2.05, 4.69) is 15.4 Å². The first-order valence-corrected chi connectivity index (χ1v) is 12.2. The van der Waals surface area contributed by atoms with Crippen LogP contribution in [0.2, 0.25) is 5.02 Å². The smallest absolute Gasteiger partial charge is 0.286 e. The van der Waals surface area contributed by atoms with Crippen LogP contribution in [0.3, 0.4) is 0 Å². The summed E-state index contributed by atoms with van der Waals surface area (Å²) in [4.78, 5) is 6.56. The zero-order valence-corrected chi connectivity index (χ0v) is 20.5. The second kappa shape index (κ2) is 9.74. The molecular formula is C24H24ClN5O3S. The molecule has 3 aromatic carbocycles. The van der Waals surface area contributed by atoms with Crippen LogP contribution in [0, 0.1) is 0 Å². The number of ether oxygens (including phenoxy) is 1. The first-order valence-electron chi connectivity index (χ1n) is 10.4. The predicted octanol–water partition coefficient (Wildman–Crippen LogP) is 4.52. The Bertz CT molecular complexity index is 1370. The molecule has 0 fully saturated rings. The SMILES string of the molecule is COc1ccc(-c2nc(NCc3ccc(N(C)C)cc3)n(S(=O)(=O)c3ccc(Cl)cc3)n2)cc1. The van der Waals surface area contributed by atoms with Gasteiger partial charge in [-0.3, -0.25) is 0 Å². The summed E-state index contributed by atoms with van der Waals surface area (Å²) in [6.45, 7) is 0.366. The molecule has 0 atom stereocenters. The van der Waals surface area contributed by atoms with E-state index >= 15 is 0 Å². The Morgan fingerprint density at radius 2 is 1.62 bits per heavy atom. The van der Waals surface area contributed by atoms with Gasteiger partial charge >= 0.3 is 0 Å². The maximum absolute atomic E-state index is 13.4. The molecular weight excluding hydrogens is 474 g/mol. The molecule has 0 spiro atoms. The van der Waals surface area contributed by atoms with Gasteiger partial charge in [0.2, 0.25) is 5.95 Å². The summed E-state index contributed by atoms with van der Waals surface area (Å²) in [7, 11) is 1.50. The molecule has 8 nitrogen and oxygen atoms in total. The van der Waals surface area contributed by atoms with Crippen molar-refractivity contribution in [3.63, 3.8) is 0 Å². The molecule has 0 saturated carbocycles. The van der Waals surface area contributed by atoms with E-state index in [4.69, 9.17) is 16.3 Å². The van der Waals surface area contributed by atoms with Gasteiger partial charge in [0, 0.05) is 36.9 Å². The van der Waals surface area contributed by atoms with Crippen LogP contribution >= 0.6 is 11.6 Å². The number of anilines is 2. The lowest BCUT2D eigenvalue weighted by molar-refractivity contribution is 0.415. The van der Waals surface area contributed by atoms with E-state index in [0.29, 0.717) is 22.9 Å². The molecule has 10 heteroatoms. The van der Waals surface area contributed by atoms with E-state index in [1.54, 1.807) is 31.4 Å². The summed E-state index contributed by atoms with van der Waals surface area (Å²) in [6.07, 6.45) is 0. The zero-order valence-electron chi connectivity index (χ0n) is 18.9. The van der Waals surface area contributed by atoms with E-state index in [9.17, 15) is 8.42 Å². The van der Waals surface area contributed by atoms with Crippen molar-refractivity contribution >= 4 is 33.3 Å². The maximum Gasteiger partial charge on any atom is 0.286 e. The second-order valence-electron chi connectivity index (χ2n) is 7.70. The standard InChI is InChI=1S/C24H24ClN5O3S/c1-29(2)20-10-4-17(5-11-20)16-26-24-27-23(18-6-12-21(33-3)13-7-18)28-30(24)34(31,32)22-14-8-19(25)9-15-22/h4-15H,16H2,1-3H3,(H,26,27,28). The molecule has 0 aliphatic carbocycles. The summed E-state index contributed by atoms with van der Waals surface area (Å²) in [5.41, 5.74) is 2.69. The normalized spacial score (nSPS) is 11.3. The molecule has 1 aromatic heterocycles.